The average molecular weight is 348 g/mol. The summed E-state index contributed by atoms with van der Waals surface area (Å²) in [5.41, 5.74) is 1.15. The molecule has 1 N–H and O–H groups in total. The summed E-state index contributed by atoms with van der Waals surface area (Å²) in [4.78, 5) is 0. The number of halogens is 1. The monoisotopic (exact) mass is 347 g/mol. The lowest BCUT2D eigenvalue weighted by atomic mass is 10.1. The van der Waals surface area contributed by atoms with Crippen molar-refractivity contribution >= 4 is 35.1 Å². The maximum Gasteiger partial charge on any atom is 0.0834 e. The summed E-state index contributed by atoms with van der Waals surface area (Å²) in [6, 6.07) is 0.589. The minimum absolute atomic E-state index is 0.264. The Labute approximate surface area is 142 Å². The van der Waals surface area contributed by atoms with Crippen molar-refractivity contribution in [2.24, 2.45) is 0 Å². The van der Waals surface area contributed by atoms with Crippen LogP contribution < -0.4 is 5.32 Å². The van der Waals surface area contributed by atoms with Gasteiger partial charge >= 0.3 is 0 Å². The van der Waals surface area contributed by atoms with Crippen LogP contribution in [0.25, 0.3) is 0 Å². The molecule has 4 atom stereocenters. The Morgan fingerprint density at radius 1 is 1.43 bits per heavy atom. The summed E-state index contributed by atoms with van der Waals surface area (Å²) in [6.45, 7) is 12.1. The van der Waals surface area contributed by atoms with Gasteiger partial charge in [0.1, 0.15) is 0 Å². The lowest BCUT2D eigenvalue weighted by molar-refractivity contribution is 0.448. The highest BCUT2D eigenvalue weighted by atomic mass is 35.5. The number of rotatable bonds is 5. The largest absolute Gasteiger partial charge is 0.308 e. The smallest absolute Gasteiger partial charge is 0.0834 e. The van der Waals surface area contributed by atoms with E-state index in [9.17, 15) is 0 Å². The minimum Gasteiger partial charge on any atom is -0.308 e. The van der Waals surface area contributed by atoms with Gasteiger partial charge in [-0.3, -0.25) is 4.68 Å². The van der Waals surface area contributed by atoms with Crippen molar-refractivity contribution in [1.29, 1.82) is 0 Å². The highest BCUT2D eigenvalue weighted by molar-refractivity contribution is 8.07. The Balaban J connectivity index is 2.29. The fourth-order valence-corrected chi connectivity index (χ4v) is 6.00. The first-order chi connectivity index (χ1) is 9.95. The van der Waals surface area contributed by atoms with Crippen molar-refractivity contribution in [1.82, 2.24) is 15.1 Å². The van der Waals surface area contributed by atoms with Crippen LogP contribution in [-0.4, -0.2) is 37.8 Å². The first-order valence-corrected chi connectivity index (χ1v) is 10.1. The van der Waals surface area contributed by atoms with Crippen LogP contribution in [0, 0.1) is 0 Å². The number of hydrogen-bond donors (Lipinski definition) is 1. The van der Waals surface area contributed by atoms with Crippen LogP contribution in [0.4, 0.5) is 0 Å². The molecule has 1 aromatic heterocycles. The van der Waals surface area contributed by atoms with Crippen LogP contribution in [0.1, 0.15) is 52.4 Å². The molecule has 0 amide bonds. The van der Waals surface area contributed by atoms with Gasteiger partial charge in [0.15, 0.2) is 0 Å². The molecule has 1 fully saturated rings. The molecule has 0 aliphatic carbocycles. The molecule has 0 aromatic carbocycles. The molecule has 2 heterocycles. The molecule has 0 radical (unpaired) electrons. The summed E-state index contributed by atoms with van der Waals surface area (Å²) >= 11 is 10.6. The van der Waals surface area contributed by atoms with Crippen LogP contribution in [-0.2, 0) is 0 Å². The van der Waals surface area contributed by atoms with Gasteiger partial charge in [-0.05, 0) is 20.4 Å². The van der Waals surface area contributed by atoms with Crippen LogP contribution >= 0.6 is 35.1 Å². The van der Waals surface area contributed by atoms with E-state index in [2.05, 4.69) is 73.2 Å². The van der Waals surface area contributed by atoms with Gasteiger partial charge in [0.25, 0.3) is 0 Å². The first kappa shape index (κ1) is 17.5. The van der Waals surface area contributed by atoms with Crippen LogP contribution in [0.2, 0.25) is 5.02 Å². The molecule has 2 rings (SSSR count). The normalized spacial score (nSPS) is 28.0. The predicted octanol–water partition coefficient (Wildman–Crippen LogP) is 4.39. The highest BCUT2D eigenvalue weighted by Crippen LogP contribution is 2.42. The third-order valence-corrected chi connectivity index (χ3v) is 7.73. The van der Waals surface area contributed by atoms with Crippen molar-refractivity contribution in [3.8, 4) is 0 Å². The van der Waals surface area contributed by atoms with E-state index < -0.39 is 0 Å². The zero-order valence-electron chi connectivity index (χ0n) is 13.5. The molecule has 0 bridgehead atoms. The molecule has 6 heteroatoms. The minimum atomic E-state index is 0.264. The molecule has 1 saturated heterocycles. The standard InChI is InChI=1S/C15H26ClN3S2/c1-6-17-14(13-8-20-10(4)11(5)21-13)15-12(16)7-18-19(15)9(2)3/h7,9-11,13-14,17H,6,8H2,1-5H3. The number of nitrogens with zero attached hydrogens (tertiary/aromatic N) is 2. The lowest BCUT2D eigenvalue weighted by Gasteiger charge is -2.36. The fraction of sp³-hybridized carbons (Fsp3) is 0.800. The topological polar surface area (TPSA) is 29.9 Å². The maximum atomic E-state index is 6.46. The Morgan fingerprint density at radius 3 is 2.71 bits per heavy atom. The molecule has 1 aliphatic rings. The molecule has 1 aliphatic heterocycles. The van der Waals surface area contributed by atoms with Gasteiger partial charge in [-0.15, -0.1) is 0 Å². The zero-order valence-corrected chi connectivity index (χ0v) is 15.9. The molecule has 1 aromatic rings. The van der Waals surface area contributed by atoms with Gasteiger partial charge < -0.3 is 5.32 Å². The Morgan fingerprint density at radius 2 is 2.14 bits per heavy atom. The van der Waals surface area contributed by atoms with Gasteiger partial charge in [0.2, 0.25) is 0 Å². The molecule has 21 heavy (non-hydrogen) atoms. The second-order valence-corrected chi connectivity index (χ2v) is 9.31. The molecule has 4 unspecified atom stereocenters. The number of thioether (sulfide) groups is 2. The Bertz CT molecular complexity index is 464. The van der Waals surface area contributed by atoms with E-state index in [-0.39, 0.29) is 6.04 Å². The fourth-order valence-electron chi connectivity index (χ4n) is 2.66. The van der Waals surface area contributed by atoms with Gasteiger partial charge in [-0.1, -0.05) is 32.4 Å². The van der Waals surface area contributed by atoms with E-state index in [1.54, 1.807) is 6.20 Å². The molecular formula is C15H26ClN3S2. The van der Waals surface area contributed by atoms with E-state index >= 15 is 0 Å². The summed E-state index contributed by atoms with van der Waals surface area (Å²) in [5, 5.41) is 10.8. The third kappa shape index (κ3) is 3.92. The van der Waals surface area contributed by atoms with E-state index in [0.717, 1.165) is 28.3 Å². The van der Waals surface area contributed by atoms with Crippen LogP contribution in [0.3, 0.4) is 0 Å². The van der Waals surface area contributed by atoms with E-state index in [1.807, 2.05) is 0 Å². The number of aromatic nitrogens is 2. The number of hydrogen-bond acceptors (Lipinski definition) is 4. The van der Waals surface area contributed by atoms with E-state index in [4.69, 9.17) is 11.6 Å². The van der Waals surface area contributed by atoms with Crippen LogP contribution in [0.5, 0.6) is 0 Å². The van der Waals surface area contributed by atoms with E-state index in [1.165, 1.54) is 0 Å². The van der Waals surface area contributed by atoms with Gasteiger partial charge in [0.05, 0.1) is 23.0 Å². The molecule has 3 nitrogen and oxygen atoms in total. The lowest BCUT2D eigenvalue weighted by Crippen LogP contribution is -2.38. The first-order valence-electron chi connectivity index (χ1n) is 7.69. The van der Waals surface area contributed by atoms with Crippen molar-refractivity contribution in [2.75, 3.05) is 12.3 Å². The zero-order chi connectivity index (χ0) is 15.6. The van der Waals surface area contributed by atoms with Crippen molar-refractivity contribution in [2.45, 2.75) is 62.5 Å². The molecule has 0 saturated carbocycles. The SMILES string of the molecule is CCNC(c1c(Cl)cnn1C(C)C)C1CSC(C)C(C)S1. The summed E-state index contributed by atoms with van der Waals surface area (Å²) < 4.78 is 2.07. The maximum absolute atomic E-state index is 6.46. The van der Waals surface area contributed by atoms with Crippen molar-refractivity contribution in [3.05, 3.63) is 16.9 Å². The molecule has 0 spiro atoms. The Kier molecular flexibility index (Phi) is 6.36. The van der Waals surface area contributed by atoms with Crippen LogP contribution in [0.15, 0.2) is 6.20 Å². The van der Waals surface area contributed by atoms with Gasteiger partial charge in [-0.2, -0.15) is 28.6 Å². The number of nitrogens with one attached hydrogen (secondary N) is 1. The third-order valence-electron chi connectivity index (χ3n) is 3.94. The molecular weight excluding hydrogens is 322 g/mol. The summed E-state index contributed by atoms with van der Waals surface area (Å²) in [7, 11) is 0. The van der Waals surface area contributed by atoms with Crippen molar-refractivity contribution < 1.29 is 0 Å². The van der Waals surface area contributed by atoms with Gasteiger partial charge in [0, 0.05) is 27.5 Å². The predicted molar refractivity (Wildman–Crippen MR) is 96.8 cm³/mol. The van der Waals surface area contributed by atoms with E-state index in [0.29, 0.717) is 16.5 Å². The average Bonchev–Trinajstić information content (AvgIpc) is 2.81. The highest BCUT2D eigenvalue weighted by Gasteiger charge is 2.34. The summed E-state index contributed by atoms with van der Waals surface area (Å²) in [5.74, 6) is 1.16. The second-order valence-electron chi connectivity index (χ2n) is 5.87. The van der Waals surface area contributed by atoms with Crippen molar-refractivity contribution in [3.63, 3.8) is 0 Å². The quantitative estimate of drug-likeness (QED) is 0.855. The second kappa shape index (κ2) is 7.62. The summed E-state index contributed by atoms with van der Waals surface area (Å²) in [6.07, 6.45) is 1.79. The Hall–Kier alpha value is 0.160. The molecule has 120 valence electrons. The van der Waals surface area contributed by atoms with Gasteiger partial charge in [-0.25, -0.2) is 0 Å².